The Morgan fingerprint density at radius 1 is 1.23 bits per heavy atom. The number of anilines is 1. The third-order valence-corrected chi connectivity index (χ3v) is 8.76. The maximum Gasteiger partial charge on any atom is 0.311 e. The van der Waals surface area contributed by atoms with Crippen molar-refractivity contribution >= 4 is 11.7 Å². The molecule has 0 aromatic heterocycles. The number of hydrogen-bond donors (Lipinski definition) is 1. The number of esters is 1. The van der Waals surface area contributed by atoms with Crippen LogP contribution in [0.15, 0.2) is 35.9 Å². The number of carbonyl (C=O) groups excluding carboxylic acids is 1. The third kappa shape index (κ3) is 3.50. The van der Waals surface area contributed by atoms with Gasteiger partial charge in [-0.15, -0.1) is 0 Å². The van der Waals surface area contributed by atoms with Crippen LogP contribution < -0.4 is 4.90 Å². The number of aryl methyl sites for hydroxylation is 1. The summed E-state index contributed by atoms with van der Waals surface area (Å²) in [5.74, 6) is 0.00589. The second-order valence-corrected chi connectivity index (χ2v) is 10.4. The molecule has 0 spiro atoms. The van der Waals surface area contributed by atoms with E-state index in [0.717, 1.165) is 45.4 Å². The van der Waals surface area contributed by atoms with E-state index >= 15 is 0 Å². The first kappa shape index (κ1) is 21.0. The molecule has 1 aromatic rings. The van der Waals surface area contributed by atoms with E-state index in [0.29, 0.717) is 12.5 Å². The molecule has 5 rings (SSSR count). The number of aliphatic hydroxyl groups excluding tert-OH is 1. The van der Waals surface area contributed by atoms with Gasteiger partial charge >= 0.3 is 5.97 Å². The van der Waals surface area contributed by atoms with Crippen LogP contribution in [-0.4, -0.2) is 60.9 Å². The summed E-state index contributed by atoms with van der Waals surface area (Å²) >= 11 is 0. The van der Waals surface area contributed by atoms with Crippen LogP contribution in [0.4, 0.5) is 5.69 Å². The molecule has 0 radical (unpaired) electrons. The zero-order chi connectivity index (χ0) is 21.8. The monoisotopic (exact) mass is 424 g/mol. The van der Waals surface area contributed by atoms with Crippen molar-refractivity contribution in [3.63, 3.8) is 0 Å². The molecule has 3 fully saturated rings. The van der Waals surface area contributed by atoms with Gasteiger partial charge in [-0.3, -0.25) is 9.69 Å². The molecular weight excluding hydrogens is 388 g/mol. The number of fused-ring (bicyclic) bond motifs is 2. The van der Waals surface area contributed by atoms with Crippen LogP contribution in [0.2, 0.25) is 0 Å². The first-order valence-electron chi connectivity index (χ1n) is 12.0. The van der Waals surface area contributed by atoms with Crippen LogP contribution >= 0.6 is 0 Å². The number of piperazine rings is 1. The molecule has 1 aromatic carbocycles. The lowest BCUT2D eigenvalue weighted by Gasteiger charge is -2.52. The average molecular weight is 425 g/mol. The normalized spacial score (nSPS) is 38.3. The topological polar surface area (TPSA) is 53.0 Å². The molecule has 31 heavy (non-hydrogen) atoms. The van der Waals surface area contributed by atoms with Gasteiger partial charge in [-0.1, -0.05) is 37.6 Å². The molecule has 6 atom stereocenters. The van der Waals surface area contributed by atoms with Crippen molar-refractivity contribution in [2.75, 3.05) is 37.6 Å². The molecule has 168 valence electrons. The maximum atomic E-state index is 12.9. The van der Waals surface area contributed by atoms with E-state index in [1.165, 1.54) is 16.8 Å². The molecule has 2 aliphatic heterocycles. The number of rotatable bonds is 3. The Kier molecular flexibility index (Phi) is 5.38. The van der Waals surface area contributed by atoms with Gasteiger partial charge in [0.15, 0.2) is 0 Å². The van der Waals surface area contributed by atoms with Gasteiger partial charge in [0.1, 0.15) is 6.10 Å². The van der Waals surface area contributed by atoms with Crippen molar-refractivity contribution in [2.24, 2.45) is 23.2 Å². The quantitative estimate of drug-likeness (QED) is 0.595. The van der Waals surface area contributed by atoms with Crippen LogP contribution in [0.25, 0.3) is 0 Å². The minimum Gasteiger partial charge on any atom is -0.461 e. The van der Waals surface area contributed by atoms with Gasteiger partial charge < -0.3 is 14.7 Å². The number of benzene rings is 1. The minimum absolute atomic E-state index is 0.0926. The number of allylic oxidation sites excluding steroid dienone is 1. The van der Waals surface area contributed by atoms with Crippen molar-refractivity contribution in [1.82, 2.24) is 4.90 Å². The van der Waals surface area contributed by atoms with Crippen molar-refractivity contribution in [3.8, 4) is 0 Å². The molecule has 0 bridgehead atoms. The Morgan fingerprint density at radius 2 is 2.00 bits per heavy atom. The Morgan fingerprint density at radius 3 is 2.74 bits per heavy atom. The summed E-state index contributed by atoms with van der Waals surface area (Å²) in [5.41, 5.74) is 3.64. The molecule has 4 aliphatic rings. The fourth-order valence-corrected chi connectivity index (χ4v) is 6.57. The van der Waals surface area contributed by atoms with Gasteiger partial charge in [0, 0.05) is 56.2 Å². The molecule has 2 heterocycles. The van der Waals surface area contributed by atoms with Crippen molar-refractivity contribution in [1.29, 1.82) is 0 Å². The first-order chi connectivity index (χ1) is 14.9. The van der Waals surface area contributed by atoms with E-state index in [2.05, 4.69) is 60.9 Å². The highest BCUT2D eigenvalue weighted by Crippen LogP contribution is 2.56. The van der Waals surface area contributed by atoms with Crippen LogP contribution in [0.5, 0.6) is 0 Å². The van der Waals surface area contributed by atoms with Crippen molar-refractivity contribution in [3.05, 3.63) is 41.5 Å². The molecule has 2 saturated heterocycles. The Hall–Kier alpha value is -1.85. The predicted octanol–water partition coefficient (Wildman–Crippen LogP) is 3.40. The molecule has 3 unspecified atom stereocenters. The summed E-state index contributed by atoms with van der Waals surface area (Å²) in [6, 6.07) is 8.67. The smallest absolute Gasteiger partial charge is 0.311 e. The Labute approximate surface area is 186 Å². The van der Waals surface area contributed by atoms with Crippen LogP contribution in [0, 0.1) is 30.1 Å². The van der Waals surface area contributed by atoms with Gasteiger partial charge in [0.2, 0.25) is 0 Å². The Bertz CT molecular complexity index is 875. The maximum absolute atomic E-state index is 12.9. The van der Waals surface area contributed by atoms with E-state index in [1.807, 2.05) is 0 Å². The van der Waals surface area contributed by atoms with E-state index < -0.39 is 6.10 Å². The minimum atomic E-state index is -0.516. The van der Waals surface area contributed by atoms with E-state index in [9.17, 15) is 9.90 Å². The standard InChI is InChI=1S/C26H36N2O3/c1-17-6-4-9-20(14-17)28-12-10-27(11-13-28)16-21-23-22(31-25(21)30)15-19-8-5-7-18(2)26(19,3)24(23)29/h4,6,8-9,14,18,21-24,29H,5,7,10-13,15-16H2,1-3H3/t18?,21?,22-,23-,24?,26-/m1/s1. The fraction of sp³-hybridized carbons (Fsp3) is 0.654. The molecule has 2 aliphatic carbocycles. The summed E-state index contributed by atoms with van der Waals surface area (Å²) in [7, 11) is 0. The molecule has 0 amide bonds. The first-order valence-corrected chi connectivity index (χ1v) is 12.0. The summed E-state index contributed by atoms with van der Waals surface area (Å²) < 4.78 is 5.85. The zero-order valence-electron chi connectivity index (χ0n) is 19.1. The number of nitrogens with zero attached hydrogens (tertiary/aromatic N) is 2. The van der Waals surface area contributed by atoms with Crippen molar-refractivity contribution in [2.45, 2.75) is 52.2 Å². The lowest BCUT2D eigenvalue weighted by Crippen LogP contribution is -2.55. The lowest BCUT2D eigenvalue weighted by molar-refractivity contribution is -0.145. The van der Waals surface area contributed by atoms with Crippen LogP contribution in [0.3, 0.4) is 0 Å². The second kappa shape index (κ2) is 7.93. The number of hydrogen-bond acceptors (Lipinski definition) is 5. The molecule has 1 saturated carbocycles. The summed E-state index contributed by atoms with van der Waals surface area (Å²) in [4.78, 5) is 17.7. The van der Waals surface area contributed by atoms with E-state index in [-0.39, 0.29) is 29.3 Å². The van der Waals surface area contributed by atoms with Gasteiger partial charge in [-0.05, 0) is 43.4 Å². The van der Waals surface area contributed by atoms with E-state index in [1.54, 1.807) is 0 Å². The average Bonchev–Trinajstić information content (AvgIpc) is 3.06. The molecule has 5 nitrogen and oxygen atoms in total. The third-order valence-electron chi connectivity index (χ3n) is 8.76. The van der Waals surface area contributed by atoms with Gasteiger partial charge in [0.05, 0.1) is 12.0 Å². The summed E-state index contributed by atoms with van der Waals surface area (Å²) in [6.45, 7) is 11.1. The molecule has 1 N–H and O–H groups in total. The molecular formula is C26H36N2O3. The zero-order valence-corrected chi connectivity index (χ0v) is 19.1. The lowest BCUT2D eigenvalue weighted by atomic mass is 9.55. The Balaban J connectivity index is 1.28. The van der Waals surface area contributed by atoms with Crippen molar-refractivity contribution < 1.29 is 14.6 Å². The highest BCUT2D eigenvalue weighted by Gasteiger charge is 2.59. The number of aliphatic hydroxyl groups is 1. The summed E-state index contributed by atoms with van der Waals surface area (Å²) in [5, 5.41) is 11.5. The fourth-order valence-electron chi connectivity index (χ4n) is 6.57. The highest BCUT2D eigenvalue weighted by atomic mass is 16.6. The summed E-state index contributed by atoms with van der Waals surface area (Å²) in [6.07, 6.45) is 4.59. The number of ether oxygens (including phenoxy) is 1. The van der Waals surface area contributed by atoms with Crippen LogP contribution in [0.1, 0.15) is 38.7 Å². The highest BCUT2D eigenvalue weighted by molar-refractivity contribution is 5.76. The van der Waals surface area contributed by atoms with Gasteiger partial charge in [0.25, 0.3) is 0 Å². The second-order valence-electron chi connectivity index (χ2n) is 10.4. The van der Waals surface area contributed by atoms with E-state index in [4.69, 9.17) is 4.74 Å². The largest absolute Gasteiger partial charge is 0.461 e. The van der Waals surface area contributed by atoms with Gasteiger partial charge in [-0.2, -0.15) is 0 Å². The van der Waals surface area contributed by atoms with Crippen LogP contribution in [-0.2, 0) is 9.53 Å². The number of carbonyl (C=O) groups is 1. The van der Waals surface area contributed by atoms with Gasteiger partial charge in [-0.25, -0.2) is 0 Å². The SMILES string of the molecule is Cc1cccc(N2CCN(CC3C(=O)O[C@@H]4CC5=CCCC(C)[C@@]5(C)C(O)[C@H]34)CC2)c1. The predicted molar refractivity (Wildman–Crippen MR) is 122 cm³/mol. The molecule has 5 heteroatoms.